The number of esters is 1. The van der Waals surface area contributed by atoms with Gasteiger partial charge in [-0.25, -0.2) is 0 Å². The zero-order chi connectivity index (χ0) is 11.6. The fourth-order valence-corrected chi connectivity index (χ4v) is 1.99. The van der Waals surface area contributed by atoms with Gasteiger partial charge in [-0.1, -0.05) is 19.9 Å². The number of carbonyl (C=O) groups is 2. The highest BCUT2D eigenvalue weighted by Gasteiger charge is 2.61. The number of allylic oxidation sites excluding steroid dienone is 2. The molecule has 84 valence electrons. The monoisotopic (exact) mass is 210 g/mol. The van der Waals surface area contributed by atoms with E-state index in [9.17, 15) is 9.59 Å². The Morgan fingerprint density at radius 3 is 2.53 bits per heavy atom. The largest absolute Gasteiger partial charge is 0.466 e. The molecule has 0 aromatic carbocycles. The van der Waals surface area contributed by atoms with E-state index in [0.29, 0.717) is 12.2 Å². The van der Waals surface area contributed by atoms with Gasteiger partial charge in [0.1, 0.15) is 6.29 Å². The highest BCUT2D eigenvalue weighted by molar-refractivity contribution is 5.79. The van der Waals surface area contributed by atoms with Crippen molar-refractivity contribution in [1.82, 2.24) is 0 Å². The van der Waals surface area contributed by atoms with Crippen LogP contribution in [0.15, 0.2) is 11.6 Å². The Kier molecular flexibility index (Phi) is 3.32. The molecule has 1 fully saturated rings. The molecule has 0 aromatic rings. The minimum atomic E-state index is -0.151. The molecule has 2 unspecified atom stereocenters. The van der Waals surface area contributed by atoms with Crippen LogP contribution in [-0.2, 0) is 14.3 Å². The van der Waals surface area contributed by atoms with Crippen molar-refractivity contribution in [2.24, 2.45) is 17.3 Å². The molecule has 0 aromatic heterocycles. The van der Waals surface area contributed by atoms with Crippen LogP contribution in [0.25, 0.3) is 0 Å². The number of ether oxygens (including phenoxy) is 1. The average Bonchev–Trinajstić information content (AvgIpc) is 2.68. The Morgan fingerprint density at radius 1 is 1.47 bits per heavy atom. The summed E-state index contributed by atoms with van der Waals surface area (Å²) in [6.45, 7) is 8.01. The fraction of sp³-hybridized carbons (Fsp3) is 0.667. The van der Waals surface area contributed by atoms with Gasteiger partial charge in [0.25, 0.3) is 0 Å². The van der Waals surface area contributed by atoms with E-state index in [1.54, 1.807) is 13.8 Å². The summed E-state index contributed by atoms with van der Waals surface area (Å²) < 4.78 is 4.99. The van der Waals surface area contributed by atoms with Crippen LogP contribution >= 0.6 is 0 Å². The van der Waals surface area contributed by atoms with Crippen molar-refractivity contribution in [3.63, 3.8) is 0 Å². The maximum Gasteiger partial charge on any atom is 0.310 e. The highest BCUT2D eigenvalue weighted by Crippen LogP contribution is 2.59. The summed E-state index contributed by atoms with van der Waals surface area (Å²) >= 11 is 0. The predicted molar refractivity (Wildman–Crippen MR) is 57.2 cm³/mol. The standard InChI is InChI=1S/C12H18O3/c1-5-15-11(14)10-9(12(10,3)4)6-8(2)7-13/h6-7,9-10H,5H2,1-4H3. The second kappa shape index (κ2) is 4.17. The zero-order valence-corrected chi connectivity index (χ0v) is 9.74. The molecule has 2 atom stereocenters. The minimum absolute atomic E-state index is 0.0729. The second-order valence-corrected chi connectivity index (χ2v) is 4.61. The van der Waals surface area contributed by atoms with Crippen LogP contribution in [0.4, 0.5) is 0 Å². The molecule has 1 rings (SSSR count). The number of hydrogen-bond acceptors (Lipinski definition) is 3. The lowest BCUT2D eigenvalue weighted by Gasteiger charge is -2.01. The first-order chi connectivity index (χ1) is 6.95. The zero-order valence-electron chi connectivity index (χ0n) is 9.74. The van der Waals surface area contributed by atoms with E-state index in [4.69, 9.17) is 4.74 Å². The predicted octanol–water partition coefficient (Wildman–Crippen LogP) is 1.97. The molecular weight excluding hydrogens is 192 g/mol. The maximum atomic E-state index is 11.6. The van der Waals surface area contributed by atoms with E-state index < -0.39 is 0 Å². The van der Waals surface area contributed by atoms with Gasteiger partial charge in [0.15, 0.2) is 0 Å². The molecule has 0 saturated heterocycles. The summed E-state index contributed by atoms with van der Waals surface area (Å²) in [6, 6.07) is 0. The van der Waals surface area contributed by atoms with Crippen molar-refractivity contribution in [3.05, 3.63) is 11.6 Å². The summed E-state index contributed by atoms with van der Waals surface area (Å²) in [5.74, 6) is -0.100. The summed E-state index contributed by atoms with van der Waals surface area (Å²) in [4.78, 5) is 22.1. The van der Waals surface area contributed by atoms with E-state index in [-0.39, 0.29) is 23.2 Å². The SMILES string of the molecule is CCOC(=O)C1C(C=C(C)C=O)C1(C)C. The molecule has 1 aliphatic carbocycles. The van der Waals surface area contributed by atoms with Crippen LogP contribution in [-0.4, -0.2) is 18.9 Å². The van der Waals surface area contributed by atoms with Crippen LogP contribution < -0.4 is 0 Å². The van der Waals surface area contributed by atoms with Gasteiger partial charge in [0, 0.05) is 0 Å². The van der Waals surface area contributed by atoms with Crippen LogP contribution in [0, 0.1) is 17.3 Å². The minimum Gasteiger partial charge on any atom is -0.466 e. The molecule has 15 heavy (non-hydrogen) atoms. The van der Waals surface area contributed by atoms with Gasteiger partial charge in [0.05, 0.1) is 12.5 Å². The van der Waals surface area contributed by atoms with E-state index in [1.165, 1.54) is 0 Å². The molecule has 3 heteroatoms. The van der Waals surface area contributed by atoms with Crippen molar-refractivity contribution in [2.45, 2.75) is 27.7 Å². The third kappa shape index (κ3) is 2.28. The number of aldehydes is 1. The summed E-state index contributed by atoms with van der Waals surface area (Å²) in [5.41, 5.74) is 0.608. The lowest BCUT2D eigenvalue weighted by molar-refractivity contribution is -0.145. The molecule has 1 saturated carbocycles. The smallest absolute Gasteiger partial charge is 0.310 e. The van der Waals surface area contributed by atoms with Crippen molar-refractivity contribution in [1.29, 1.82) is 0 Å². The van der Waals surface area contributed by atoms with Gasteiger partial charge in [-0.05, 0) is 30.8 Å². The molecule has 3 nitrogen and oxygen atoms in total. The van der Waals surface area contributed by atoms with Crippen LogP contribution in [0.3, 0.4) is 0 Å². The topological polar surface area (TPSA) is 43.4 Å². The summed E-state index contributed by atoms with van der Waals surface area (Å²) in [6.07, 6.45) is 2.69. The van der Waals surface area contributed by atoms with Gasteiger partial charge in [-0.15, -0.1) is 0 Å². The third-order valence-corrected chi connectivity index (χ3v) is 3.08. The first-order valence-electron chi connectivity index (χ1n) is 5.25. The normalized spacial score (nSPS) is 28.4. The molecule has 0 N–H and O–H groups in total. The summed E-state index contributed by atoms with van der Waals surface area (Å²) in [7, 11) is 0. The first-order valence-corrected chi connectivity index (χ1v) is 5.25. The average molecular weight is 210 g/mol. The second-order valence-electron chi connectivity index (χ2n) is 4.61. The van der Waals surface area contributed by atoms with Crippen molar-refractivity contribution >= 4 is 12.3 Å². The number of carbonyl (C=O) groups excluding carboxylic acids is 2. The van der Waals surface area contributed by atoms with Gasteiger partial charge >= 0.3 is 5.97 Å². The lowest BCUT2D eigenvalue weighted by Crippen LogP contribution is -2.10. The van der Waals surface area contributed by atoms with Gasteiger partial charge in [-0.3, -0.25) is 9.59 Å². The number of hydrogen-bond donors (Lipinski definition) is 0. The third-order valence-electron chi connectivity index (χ3n) is 3.08. The Morgan fingerprint density at radius 2 is 2.07 bits per heavy atom. The van der Waals surface area contributed by atoms with Crippen molar-refractivity contribution in [3.8, 4) is 0 Å². The Bertz CT molecular complexity index is 302. The molecule has 0 amide bonds. The number of rotatable bonds is 4. The maximum absolute atomic E-state index is 11.6. The molecular formula is C12H18O3. The fourth-order valence-electron chi connectivity index (χ4n) is 1.99. The van der Waals surface area contributed by atoms with Gasteiger partial charge in [0.2, 0.25) is 0 Å². The molecule has 0 heterocycles. The van der Waals surface area contributed by atoms with E-state index >= 15 is 0 Å². The van der Waals surface area contributed by atoms with Gasteiger partial charge < -0.3 is 4.74 Å². The van der Waals surface area contributed by atoms with Crippen LogP contribution in [0.1, 0.15) is 27.7 Å². The Labute approximate surface area is 90.5 Å². The van der Waals surface area contributed by atoms with Crippen LogP contribution in [0.5, 0.6) is 0 Å². The van der Waals surface area contributed by atoms with E-state index in [2.05, 4.69) is 0 Å². The molecule has 0 aliphatic heterocycles. The molecule has 0 bridgehead atoms. The molecule has 1 aliphatic rings. The summed E-state index contributed by atoms with van der Waals surface area (Å²) in [5, 5.41) is 0. The van der Waals surface area contributed by atoms with Crippen molar-refractivity contribution in [2.75, 3.05) is 6.61 Å². The van der Waals surface area contributed by atoms with Gasteiger partial charge in [-0.2, -0.15) is 0 Å². The van der Waals surface area contributed by atoms with E-state index in [1.807, 2.05) is 19.9 Å². The van der Waals surface area contributed by atoms with E-state index in [0.717, 1.165) is 6.29 Å². The first kappa shape index (κ1) is 12.0. The lowest BCUT2D eigenvalue weighted by atomic mass is 10.1. The Balaban J connectivity index is 2.71. The molecule has 0 spiro atoms. The van der Waals surface area contributed by atoms with Crippen molar-refractivity contribution < 1.29 is 14.3 Å². The highest BCUT2D eigenvalue weighted by atomic mass is 16.5. The van der Waals surface area contributed by atoms with Crippen LogP contribution in [0.2, 0.25) is 0 Å². The Hall–Kier alpha value is -1.12. The molecule has 0 radical (unpaired) electrons. The quantitative estimate of drug-likeness (QED) is 0.405.